The van der Waals surface area contributed by atoms with Crippen LogP contribution in [0.25, 0.3) is 0 Å². The highest BCUT2D eigenvalue weighted by atomic mass is 16.4. The van der Waals surface area contributed by atoms with Gasteiger partial charge in [0, 0.05) is 26.1 Å². The van der Waals surface area contributed by atoms with Gasteiger partial charge in [0.05, 0.1) is 0 Å². The van der Waals surface area contributed by atoms with Crippen LogP contribution >= 0.6 is 0 Å². The van der Waals surface area contributed by atoms with Crippen LogP contribution in [0, 0.1) is 5.92 Å². The fourth-order valence-electron chi connectivity index (χ4n) is 1.73. The molecule has 0 bridgehead atoms. The summed E-state index contributed by atoms with van der Waals surface area (Å²) in [5.41, 5.74) is 0. The van der Waals surface area contributed by atoms with Crippen molar-refractivity contribution in [1.29, 1.82) is 0 Å². The zero-order valence-corrected chi connectivity index (χ0v) is 12.2. The molecule has 0 aromatic carbocycles. The standard InChI is InChI=1S/C13H27N3O3/c1-4-11(5-6-12(17)18)7-8-14-13(19)15-9-10-16(2)3/h11H,4-10H2,1-3H3,(H,17,18)(H2,14,15,19). The van der Waals surface area contributed by atoms with Gasteiger partial charge in [0.25, 0.3) is 0 Å². The maximum atomic E-state index is 11.4. The van der Waals surface area contributed by atoms with Crippen LogP contribution in [0.1, 0.15) is 32.6 Å². The lowest BCUT2D eigenvalue weighted by molar-refractivity contribution is -0.137. The Morgan fingerprint density at radius 3 is 2.32 bits per heavy atom. The predicted molar refractivity (Wildman–Crippen MR) is 75.2 cm³/mol. The molecule has 0 saturated heterocycles. The Hall–Kier alpha value is -1.30. The molecule has 0 aliphatic carbocycles. The molecular weight excluding hydrogens is 246 g/mol. The fraction of sp³-hybridized carbons (Fsp3) is 0.846. The maximum absolute atomic E-state index is 11.4. The SMILES string of the molecule is CCC(CCNC(=O)NCCN(C)C)CCC(=O)O. The number of likely N-dealkylation sites (N-methyl/N-ethyl adjacent to an activating group) is 1. The van der Waals surface area contributed by atoms with Gasteiger partial charge in [0.15, 0.2) is 0 Å². The minimum atomic E-state index is -0.757. The molecule has 0 radical (unpaired) electrons. The average molecular weight is 273 g/mol. The molecule has 3 N–H and O–H groups in total. The van der Waals surface area contributed by atoms with Crippen LogP contribution in [-0.4, -0.2) is 55.7 Å². The molecule has 1 atom stereocenters. The Morgan fingerprint density at radius 2 is 1.79 bits per heavy atom. The molecule has 6 heteroatoms. The van der Waals surface area contributed by atoms with Gasteiger partial charge in [-0.2, -0.15) is 0 Å². The molecule has 0 heterocycles. The predicted octanol–water partition coefficient (Wildman–Crippen LogP) is 1.13. The van der Waals surface area contributed by atoms with Crippen molar-refractivity contribution >= 4 is 12.0 Å². The van der Waals surface area contributed by atoms with Gasteiger partial charge in [-0.1, -0.05) is 13.3 Å². The highest BCUT2D eigenvalue weighted by Gasteiger charge is 2.09. The van der Waals surface area contributed by atoms with Gasteiger partial charge in [-0.3, -0.25) is 4.79 Å². The lowest BCUT2D eigenvalue weighted by Crippen LogP contribution is -2.39. The number of aliphatic carboxylic acids is 1. The lowest BCUT2D eigenvalue weighted by atomic mass is 9.97. The topological polar surface area (TPSA) is 81.7 Å². The molecule has 0 spiro atoms. The van der Waals surface area contributed by atoms with Gasteiger partial charge in [-0.05, 0) is 32.9 Å². The van der Waals surface area contributed by atoms with E-state index in [0.29, 0.717) is 25.4 Å². The van der Waals surface area contributed by atoms with E-state index < -0.39 is 5.97 Å². The molecule has 0 aliphatic heterocycles. The summed E-state index contributed by atoms with van der Waals surface area (Å²) in [4.78, 5) is 23.9. The van der Waals surface area contributed by atoms with E-state index >= 15 is 0 Å². The molecule has 0 aliphatic rings. The van der Waals surface area contributed by atoms with Crippen LogP contribution in [0.4, 0.5) is 4.79 Å². The first-order valence-corrected chi connectivity index (χ1v) is 6.84. The number of carbonyl (C=O) groups is 2. The lowest BCUT2D eigenvalue weighted by Gasteiger charge is -2.15. The van der Waals surface area contributed by atoms with Crippen LogP contribution in [0.2, 0.25) is 0 Å². The molecule has 1 unspecified atom stereocenters. The molecule has 2 amide bonds. The number of nitrogens with zero attached hydrogens (tertiary/aromatic N) is 1. The van der Waals surface area contributed by atoms with Gasteiger partial charge in [-0.15, -0.1) is 0 Å². The number of nitrogens with one attached hydrogen (secondary N) is 2. The summed E-state index contributed by atoms with van der Waals surface area (Å²) in [6.07, 6.45) is 2.64. The second-order valence-corrected chi connectivity index (χ2v) is 4.98. The third-order valence-electron chi connectivity index (χ3n) is 3.03. The van der Waals surface area contributed by atoms with Gasteiger partial charge >= 0.3 is 12.0 Å². The normalized spacial score (nSPS) is 12.2. The molecule has 0 fully saturated rings. The van der Waals surface area contributed by atoms with Gasteiger partial charge < -0.3 is 20.6 Å². The first-order chi connectivity index (χ1) is 8.95. The first kappa shape index (κ1) is 17.7. The molecule has 19 heavy (non-hydrogen) atoms. The number of carboxylic acids is 1. The van der Waals surface area contributed by atoms with Crippen LogP contribution in [0.3, 0.4) is 0 Å². The summed E-state index contributed by atoms with van der Waals surface area (Å²) in [7, 11) is 3.90. The second kappa shape index (κ2) is 10.6. The van der Waals surface area contributed by atoms with Crippen LogP contribution in [-0.2, 0) is 4.79 Å². The van der Waals surface area contributed by atoms with Crippen molar-refractivity contribution in [3.63, 3.8) is 0 Å². The number of rotatable bonds is 10. The van der Waals surface area contributed by atoms with E-state index in [9.17, 15) is 9.59 Å². The Labute approximate surface area is 115 Å². The van der Waals surface area contributed by atoms with Crippen molar-refractivity contribution in [2.75, 3.05) is 33.7 Å². The highest BCUT2D eigenvalue weighted by molar-refractivity contribution is 5.73. The minimum Gasteiger partial charge on any atom is -0.481 e. The molecule has 0 rings (SSSR count). The summed E-state index contributed by atoms with van der Waals surface area (Å²) >= 11 is 0. The van der Waals surface area contributed by atoms with Crippen molar-refractivity contribution in [2.45, 2.75) is 32.6 Å². The Morgan fingerprint density at radius 1 is 1.16 bits per heavy atom. The van der Waals surface area contributed by atoms with Gasteiger partial charge in [-0.25, -0.2) is 4.79 Å². The molecule has 0 aromatic heterocycles. The quantitative estimate of drug-likeness (QED) is 0.557. The summed E-state index contributed by atoms with van der Waals surface area (Å²) in [5.74, 6) is -0.397. The van der Waals surface area contributed by atoms with E-state index in [0.717, 1.165) is 19.4 Å². The first-order valence-electron chi connectivity index (χ1n) is 6.84. The summed E-state index contributed by atoms with van der Waals surface area (Å²) in [6, 6.07) is -0.157. The monoisotopic (exact) mass is 273 g/mol. The summed E-state index contributed by atoms with van der Waals surface area (Å²) in [5, 5.41) is 14.2. The van der Waals surface area contributed by atoms with Crippen LogP contribution in [0.15, 0.2) is 0 Å². The van der Waals surface area contributed by atoms with E-state index in [1.54, 1.807) is 0 Å². The van der Waals surface area contributed by atoms with Crippen molar-refractivity contribution in [3.05, 3.63) is 0 Å². The van der Waals surface area contributed by atoms with E-state index in [-0.39, 0.29) is 12.5 Å². The Bertz CT molecular complexity index is 270. The van der Waals surface area contributed by atoms with Gasteiger partial charge in [0.1, 0.15) is 0 Å². The largest absolute Gasteiger partial charge is 0.481 e. The molecule has 0 aromatic rings. The molecule has 0 saturated carbocycles. The van der Waals surface area contributed by atoms with Gasteiger partial charge in [0.2, 0.25) is 0 Å². The summed E-state index contributed by atoms with van der Waals surface area (Å²) in [6.45, 7) is 4.06. The molecule has 6 nitrogen and oxygen atoms in total. The van der Waals surface area contributed by atoms with Crippen LogP contribution < -0.4 is 10.6 Å². The van der Waals surface area contributed by atoms with Crippen molar-refractivity contribution in [1.82, 2.24) is 15.5 Å². The highest BCUT2D eigenvalue weighted by Crippen LogP contribution is 2.14. The third-order valence-corrected chi connectivity index (χ3v) is 3.03. The van der Waals surface area contributed by atoms with Crippen molar-refractivity contribution in [3.8, 4) is 0 Å². The number of hydrogen-bond donors (Lipinski definition) is 3. The average Bonchev–Trinajstić information content (AvgIpc) is 2.32. The number of amides is 2. The number of carboxylic acid groups (broad SMARTS) is 1. The van der Waals surface area contributed by atoms with E-state index in [4.69, 9.17) is 5.11 Å². The number of urea groups is 1. The number of carbonyl (C=O) groups excluding carboxylic acids is 1. The summed E-state index contributed by atoms with van der Waals surface area (Å²) < 4.78 is 0. The number of hydrogen-bond acceptors (Lipinski definition) is 3. The fourth-order valence-corrected chi connectivity index (χ4v) is 1.73. The minimum absolute atomic E-state index is 0.157. The van der Waals surface area contributed by atoms with Crippen molar-refractivity contribution in [2.24, 2.45) is 5.92 Å². The molecular formula is C13H27N3O3. The third kappa shape index (κ3) is 11.5. The zero-order valence-electron chi connectivity index (χ0n) is 12.2. The Kier molecular flexibility index (Phi) is 9.88. The zero-order chi connectivity index (χ0) is 14.7. The van der Waals surface area contributed by atoms with E-state index in [1.165, 1.54) is 0 Å². The van der Waals surface area contributed by atoms with Crippen molar-refractivity contribution < 1.29 is 14.7 Å². The van der Waals surface area contributed by atoms with E-state index in [2.05, 4.69) is 10.6 Å². The Balaban J connectivity index is 3.63. The maximum Gasteiger partial charge on any atom is 0.314 e. The van der Waals surface area contributed by atoms with E-state index in [1.807, 2.05) is 25.9 Å². The molecule has 112 valence electrons. The smallest absolute Gasteiger partial charge is 0.314 e. The van der Waals surface area contributed by atoms with Crippen LogP contribution in [0.5, 0.6) is 0 Å². The second-order valence-electron chi connectivity index (χ2n) is 4.98.